The molecule has 0 aliphatic carbocycles. The summed E-state index contributed by atoms with van der Waals surface area (Å²) in [6.07, 6.45) is 1.79. The highest BCUT2D eigenvalue weighted by Crippen LogP contribution is 2.24. The maximum Gasteiger partial charge on any atom is 0.297 e. The minimum atomic E-state index is -0.210. The number of anilines is 1. The number of amides is 1. The van der Waals surface area contributed by atoms with Crippen molar-refractivity contribution >= 4 is 23.5 Å². The normalized spacial score (nSPS) is 14.9. The van der Waals surface area contributed by atoms with Crippen molar-refractivity contribution in [1.29, 1.82) is 0 Å². The van der Waals surface area contributed by atoms with Crippen LogP contribution in [0.3, 0.4) is 0 Å². The number of hydrogen-bond acceptors (Lipinski definition) is 4. The zero-order valence-electron chi connectivity index (χ0n) is 15.4. The third-order valence-electron chi connectivity index (χ3n) is 4.33. The van der Waals surface area contributed by atoms with E-state index < -0.39 is 0 Å². The lowest BCUT2D eigenvalue weighted by Crippen LogP contribution is -2.37. The topological polar surface area (TPSA) is 53.9 Å². The molecule has 0 atom stereocenters. The van der Waals surface area contributed by atoms with Gasteiger partial charge in [-0.05, 0) is 35.9 Å². The number of benzene rings is 3. The van der Waals surface area contributed by atoms with Gasteiger partial charge in [-0.3, -0.25) is 10.2 Å². The average Bonchev–Trinajstić information content (AvgIpc) is 3.05. The molecule has 5 heteroatoms. The molecule has 5 nitrogen and oxygen atoms in total. The highest BCUT2D eigenvalue weighted by atomic mass is 16.5. The van der Waals surface area contributed by atoms with Crippen LogP contribution >= 0.6 is 0 Å². The second-order valence-corrected chi connectivity index (χ2v) is 6.22. The molecule has 4 rings (SSSR count). The first-order valence-corrected chi connectivity index (χ1v) is 8.90. The molecule has 1 amide bonds. The van der Waals surface area contributed by atoms with E-state index in [-0.39, 0.29) is 5.91 Å². The molecule has 1 aliphatic rings. The number of carbonyl (C=O) groups is 1. The molecule has 0 saturated carbocycles. The summed E-state index contributed by atoms with van der Waals surface area (Å²) in [5.74, 6) is 1.10. The molecule has 0 unspecified atom stereocenters. The van der Waals surface area contributed by atoms with E-state index in [1.807, 2.05) is 84.9 Å². The van der Waals surface area contributed by atoms with E-state index >= 15 is 0 Å². The number of ether oxygens (including phenoxy) is 1. The Labute approximate surface area is 163 Å². The lowest BCUT2D eigenvalue weighted by molar-refractivity contribution is -0.121. The monoisotopic (exact) mass is 369 g/mol. The van der Waals surface area contributed by atoms with Gasteiger partial charge in [-0.25, -0.2) is 4.99 Å². The van der Waals surface area contributed by atoms with Crippen molar-refractivity contribution in [3.05, 3.63) is 102 Å². The number of aliphatic imine (C=N–C) groups is 1. The molecule has 0 aromatic heterocycles. The number of amidine groups is 1. The van der Waals surface area contributed by atoms with Crippen LogP contribution in [0.4, 0.5) is 5.69 Å². The van der Waals surface area contributed by atoms with Crippen molar-refractivity contribution in [3.8, 4) is 5.75 Å². The lowest BCUT2D eigenvalue weighted by atomic mass is 10.2. The van der Waals surface area contributed by atoms with E-state index in [1.165, 1.54) is 5.01 Å². The molecular formula is C23H19N3O2. The van der Waals surface area contributed by atoms with Gasteiger partial charge in [0.1, 0.15) is 11.4 Å². The second kappa shape index (κ2) is 7.80. The van der Waals surface area contributed by atoms with Gasteiger partial charge < -0.3 is 4.74 Å². The summed E-state index contributed by atoms with van der Waals surface area (Å²) in [4.78, 5) is 17.7. The van der Waals surface area contributed by atoms with Crippen LogP contribution in [-0.4, -0.2) is 23.9 Å². The molecule has 138 valence electrons. The van der Waals surface area contributed by atoms with Crippen LogP contribution in [0.25, 0.3) is 6.08 Å². The SMILES string of the molecule is COc1ccc(NN2C(=O)C(=Cc3ccccc3)N=C2c2ccccc2)cc1. The smallest absolute Gasteiger partial charge is 0.297 e. The summed E-state index contributed by atoms with van der Waals surface area (Å²) in [5, 5.41) is 1.48. The standard InChI is InChI=1S/C23H19N3O2/c1-28-20-14-12-19(13-15-20)25-26-22(18-10-6-3-7-11-18)24-21(23(26)27)16-17-8-4-2-5-9-17/h2-16,25H,1H3. The predicted molar refractivity (Wildman–Crippen MR) is 111 cm³/mol. The van der Waals surface area contributed by atoms with Gasteiger partial charge in [0.25, 0.3) is 5.91 Å². The Bertz CT molecular complexity index is 1030. The highest BCUT2D eigenvalue weighted by molar-refractivity contribution is 6.20. The summed E-state index contributed by atoms with van der Waals surface area (Å²) >= 11 is 0. The Balaban J connectivity index is 1.70. The van der Waals surface area contributed by atoms with Crippen molar-refractivity contribution < 1.29 is 9.53 Å². The minimum Gasteiger partial charge on any atom is -0.497 e. The maximum atomic E-state index is 13.1. The summed E-state index contributed by atoms with van der Waals surface area (Å²) in [6.45, 7) is 0. The van der Waals surface area contributed by atoms with Gasteiger partial charge in [0.2, 0.25) is 0 Å². The first-order chi connectivity index (χ1) is 13.7. The highest BCUT2D eigenvalue weighted by Gasteiger charge is 2.31. The van der Waals surface area contributed by atoms with Crippen LogP contribution in [-0.2, 0) is 4.79 Å². The van der Waals surface area contributed by atoms with Crippen molar-refractivity contribution in [3.63, 3.8) is 0 Å². The van der Waals surface area contributed by atoms with Crippen molar-refractivity contribution in [2.24, 2.45) is 4.99 Å². The Morgan fingerprint density at radius 2 is 1.54 bits per heavy atom. The van der Waals surface area contributed by atoms with E-state index in [1.54, 1.807) is 13.2 Å². The number of nitrogens with one attached hydrogen (secondary N) is 1. The first kappa shape index (κ1) is 17.5. The zero-order chi connectivity index (χ0) is 19.3. The molecule has 1 N–H and O–H groups in total. The number of rotatable bonds is 5. The zero-order valence-corrected chi connectivity index (χ0v) is 15.4. The summed E-state index contributed by atoms with van der Waals surface area (Å²) in [7, 11) is 1.62. The van der Waals surface area contributed by atoms with Crippen molar-refractivity contribution in [2.75, 3.05) is 12.5 Å². The number of hydrazine groups is 1. The van der Waals surface area contributed by atoms with Gasteiger partial charge >= 0.3 is 0 Å². The lowest BCUT2D eigenvalue weighted by Gasteiger charge is -2.20. The number of carbonyl (C=O) groups excluding carboxylic acids is 1. The molecule has 3 aromatic rings. The predicted octanol–water partition coefficient (Wildman–Crippen LogP) is 4.35. The second-order valence-electron chi connectivity index (χ2n) is 6.22. The summed E-state index contributed by atoms with van der Waals surface area (Å²) < 4.78 is 5.19. The Morgan fingerprint density at radius 3 is 2.18 bits per heavy atom. The Morgan fingerprint density at radius 1 is 0.893 bits per heavy atom. The van der Waals surface area contributed by atoms with Crippen LogP contribution in [0.2, 0.25) is 0 Å². The summed E-state index contributed by atoms with van der Waals surface area (Å²) in [6, 6.07) is 26.7. The van der Waals surface area contributed by atoms with Gasteiger partial charge in [-0.1, -0.05) is 60.7 Å². The fraction of sp³-hybridized carbons (Fsp3) is 0.0435. The molecule has 0 fully saturated rings. The van der Waals surface area contributed by atoms with Crippen molar-refractivity contribution in [2.45, 2.75) is 0 Å². The van der Waals surface area contributed by atoms with Crippen LogP contribution in [0.5, 0.6) is 5.75 Å². The molecule has 0 saturated heterocycles. The first-order valence-electron chi connectivity index (χ1n) is 8.90. The van der Waals surface area contributed by atoms with Crippen molar-refractivity contribution in [1.82, 2.24) is 5.01 Å². The summed E-state index contributed by atoms with van der Waals surface area (Å²) in [5.41, 5.74) is 6.09. The Hall–Kier alpha value is -3.86. The quantitative estimate of drug-likeness (QED) is 0.680. The van der Waals surface area contributed by atoms with Gasteiger partial charge in [0.05, 0.1) is 12.8 Å². The van der Waals surface area contributed by atoms with Gasteiger partial charge in [-0.2, -0.15) is 5.01 Å². The maximum absolute atomic E-state index is 13.1. The van der Waals surface area contributed by atoms with Crippen LogP contribution in [0, 0.1) is 0 Å². The fourth-order valence-corrected chi connectivity index (χ4v) is 2.90. The van der Waals surface area contributed by atoms with Crippen LogP contribution in [0.1, 0.15) is 11.1 Å². The molecular weight excluding hydrogens is 350 g/mol. The molecule has 0 spiro atoms. The van der Waals surface area contributed by atoms with E-state index in [4.69, 9.17) is 4.74 Å². The van der Waals surface area contributed by atoms with E-state index in [0.29, 0.717) is 11.5 Å². The number of hydrogen-bond donors (Lipinski definition) is 1. The minimum absolute atomic E-state index is 0.210. The molecule has 3 aromatic carbocycles. The molecule has 1 heterocycles. The van der Waals surface area contributed by atoms with Crippen LogP contribution < -0.4 is 10.2 Å². The van der Waals surface area contributed by atoms with Crippen LogP contribution in [0.15, 0.2) is 95.6 Å². The van der Waals surface area contributed by atoms with Gasteiger partial charge in [-0.15, -0.1) is 0 Å². The van der Waals surface area contributed by atoms with E-state index in [2.05, 4.69) is 10.4 Å². The Kier molecular flexibility index (Phi) is 4.89. The molecule has 0 radical (unpaired) electrons. The third-order valence-corrected chi connectivity index (χ3v) is 4.33. The van der Waals surface area contributed by atoms with Gasteiger partial charge in [0.15, 0.2) is 5.84 Å². The largest absolute Gasteiger partial charge is 0.497 e. The van der Waals surface area contributed by atoms with E-state index in [9.17, 15) is 4.79 Å². The molecule has 28 heavy (non-hydrogen) atoms. The number of nitrogens with zero attached hydrogens (tertiary/aromatic N) is 2. The fourth-order valence-electron chi connectivity index (χ4n) is 2.90. The van der Waals surface area contributed by atoms with Gasteiger partial charge in [0, 0.05) is 5.56 Å². The number of methoxy groups -OCH3 is 1. The van der Waals surface area contributed by atoms with E-state index in [0.717, 1.165) is 22.6 Å². The third kappa shape index (κ3) is 3.64. The molecule has 0 bridgehead atoms. The molecule has 1 aliphatic heterocycles. The average molecular weight is 369 g/mol.